The molecule has 2 N–H and O–H groups in total. The van der Waals surface area contributed by atoms with E-state index < -0.39 is 29.9 Å². The molecule has 1 unspecified atom stereocenters. The number of ether oxygens (including phenoxy) is 1. The molecule has 0 radical (unpaired) electrons. The van der Waals surface area contributed by atoms with Gasteiger partial charge >= 0.3 is 18.2 Å². The van der Waals surface area contributed by atoms with Crippen LogP contribution in [0.3, 0.4) is 0 Å². The molecule has 5 rings (SSSR count). The third-order valence-electron chi connectivity index (χ3n) is 6.55. The molecule has 0 bridgehead atoms. The summed E-state index contributed by atoms with van der Waals surface area (Å²) >= 11 is 0. The summed E-state index contributed by atoms with van der Waals surface area (Å²) in [7, 11) is 1.27. The minimum atomic E-state index is -5.35. The molecular formula is C27H21F3N4O5. The fraction of sp³-hybridized carbons (Fsp3) is 0.185. The number of nitrogens with zero attached hydrogens (tertiary/aromatic N) is 3. The minimum Gasteiger partial charge on any atom is -0.465 e. The molecule has 0 saturated carbocycles. The highest BCUT2D eigenvalue weighted by Crippen LogP contribution is 2.47. The number of halogens is 3. The zero-order chi connectivity index (χ0) is 28.1. The average molecular weight is 538 g/mol. The zero-order valence-corrected chi connectivity index (χ0v) is 20.6. The Balaban J connectivity index is 1.74. The van der Waals surface area contributed by atoms with E-state index in [0.29, 0.717) is 11.1 Å². The zero-order valence-electron chi connectivity index (χ0n) is 20.6. The number of amides is 2. The molecule has 1 aliphatic rings. The highest BCUT2D eigenvalue weighted by Gasteiger charge is 2.57. The van der Waals surface area contributed by atoms with Gasteiger partial charge in [0.2, 0.25) is 11.7 Å². The molecule has 12 heteroatoms. The number of rotatable bonds is 5. The Kier molecular flexibility index (Phi) is 6.05. The summed E-state index contributed by atoms with van der Waals surface area (Å²) in [5.41, 5.74) is -0.0421. The Hall–Kier alpha value is -4.87. The van der Waals surface area contributed by atoms with Crippen molar-refractivity contribution in [2.75, 3.05) is 11.9 Å². The first-order chi connectivity index (χ1) is 18.4. The molecule has 0 spiro atoms. The molecule has 2 heterocycles. The number of hydrogen-bond donors (Lipinski definition) is 2. The van der Waals surface area contributed by atoms with E-state index in [1.54, 1.807) is 30.3 Å². The van der Waals surface area contributed by atoms with Gasteiger partial charge in [0, 0.05) is 23.7 Å². The molecule has 0 aliphatic carbocycles. The maximum Gasteiger partial charge on any atom is 0.491 e. The van der Waals surface area contributed by atoms with Crippen molar-refractivity contribution in [3.63, 3.8) is 0 Å². The fourth-order valence-corrected chi connectivity index (χ4v) is 4.58. The Morgan fingerprint density at radius 3 is 2.46 bits per heavy atom. The van der Waals surface area contributed by atoms with E-state index in [0.717, 1.165) is 15.4 Å². The molecule has 0 saturated heterocycles. The third-order valence-corrected chi connectivity index (χ3v) is 6.55. The van der Waals surface area contributed by atoms with Gasteiger partial charge in [-0.15, -0.1) is 0 Å². The van der Waals surface area contributed by atoms with Gasteiger partial charge in [-0.05, 0) is 30.7 Å². The molecule has 3 aromatic carbocycles. The number of aryl methyl sites for hydroxylation is 1. The van der Waals surface area contributed by atoms with Crippen molar-refractivity contribution >= 4 is 35.0 Å². The van der Waals surface area contributed by atoms with E-state index >= 15 is 0 Å². The Morgan fingerprint density at radius 1 is 1.10 bits per heavy atom. The highest BCUT2D eigenvalue weighted by atomic mass is 19.4. The largest absolute Gasteiger partial charge is 0.491 e. The number of carboxylic acid groups (broad SMARTS) is 1. The number of H-pyrrole nitrogens is 1. The van der Waals surface area contributed by atoms with E-state index in [-0.39, 0.29) is 34.7 Å². The number of nitrogens with one attached hydrogen (secondary N) is 1. The summed E-state index contributed by atoms with van der Waals surface area (Å²) in [6.45, 7) is 1.69. The van der Waals surface area contributed by atoms with Crippen molar-refractivity contribution in [2.45, 2.75) is 25.4 Å². The normalized spacial score (nSPS) is 16.8. The summed E-state index contributed by atoms with van der Waals surface area (Å²) in [5.74, 6) is -3.14. The van der Waals surface area contributed by atoms with Crippen LogP contribution in [0.25, 0.3) is 11.0 Å². The number of fused-ring (bicyclic) bond motifs is 2. The van der Waals surface area contributed by atoms with Gasteiger partial charge in [0.1, 0.15) is 0 Å². The smallest absolute Gasteiger partial charge is 0.465 e. The standard InChI is InChI=1S/C27H21F3N4O5/c1-15-7-9-16(10-8-15)14-34-22(35)18-5-3-4-6-19(18)26(34,39-23(36)27(28,29)30)17-11-12-20-21(13-17)32-24(31-20)33(2)25(37)38/h3-13H,14H2,1-2H3,(H,31,32)(H,37,38). The lowest BCUT2D eigenvalue weighted by molar-refractivity contribution is -0.222. The topological polar surface area (TPSA) is 116 Å². The predicted molar refractivity (Wildman–Crippen MR) is 133 cm³/mol. The van der Waals surface area contributed by atoms with Gasteiger partial charge in [0.15, 0.2) is 0 Å². The van der Waals surface area contributed by atoms with E-state index in [4.69, 9.17) is 4.74 Å². The lowest BCUT2D eigenvalue weighted by atomic mass is 9.92. The molecule has 200 valence electrons. The lowest BCUT2D eigenvalue weighted by Crippen LogP contribution is -2.49. The van der Waals surface area contributed by atoms with Crippen LogP contribution in [0, 0.1) is 6.92 Å². The van der Waals surface area contributed by atoms with Crippen LogP contribution in [0.15, 0.2) is 66.7 Å². The number of carbonyl (C=O) groups is 3. The van der Waals surface area contributed by atoms with Crippen molar-refractivity contribution in [3.05, 3.63) is 94.5 Å². The second kappa shape index (κ2) is 9.15. The Bertz CT molecular complexity index is 1620. The fourth-order valence-electron chi connectivity index (χ4n) is 4.58. The molecule has 1 aromatic heterocycles. The first kappa shape index (κ1) is 25.8. The van der Waals surface area contributed by atoms with Gasteiger partial charge in [-0.1, -0.05) is 54.1 Å². The Morgan fingerprint density at radius 2 is 1.79 bits per heavy atom. The van der Waals surface area contributed by atoms with Crippen LogP contribution in [0.4, 0.5) is 23.9 Å². The number of benzene rings is 3. The van der Waals surface area contributed by atoms with Gasteiger partial charge in [0.25, 0.3) is 5.91 Å². The van der Waals surface area contributed by atoms with Crippen LogP contribution in [-0.4, -0.2) is 51.2 Å². The van der Waals surface area contributed by atoms with Crippen LogP contribution in [0.1, 0.15) is 32.6 Å². The number of carbonyl (C=O) groups excluding carboxylic acids is 2. The van der Waals surface area contributed by atoms with Crippen LogP contribution < -0.4 is 4.90 Å². The highest BCUT2D eigenvalue weighted by molar-refractivity contribution is 6.01. The minimum absolute atomic E-state index is 0.0223. The number of aromatic amines is 1. The number of esters is 1. The molecule has 4 aromatic rings. The summed E-state index contributed by atoms with van der Waals surface area (Å²) in [6, 6.07) is 17.3. The first-order valence-corrected chi connectivity index (χ1v) is 11.7. The van der Waals surface area contributed by atoms with E-state index in [9.17, 15) is 32.7 Å². The lowest BCUT2D eigenvalue weighted by Gasteiger charge is -2.39. The number of hydrogen-bond acceptors (Lipinski definition) is 5. The number of anilines is 1. The second-order valence-electron chi connectivity index (χ2n) is 9.09. The molecular weight excluding hydrogens is 517 g/mol. The molecule has 1 aliphatic heterocycles. The number of alkyl halides is 3. The van der Waals surface area contributed by atoms with E-state index in [1.807, 2.05) is 6.92 Å². The van der Waals surface area contributed by atoms with Gasteiger partial charge in [-0.3, -0.25) is 14.6 Å². The van der Waals surface area contributed by atoms with Crippen molar-refractivity contribution in [1.82, 2.24) is 14.9 Å². The van der Waals surface area contributed by atoms with E-state index in [2.05, 4.69) is 9.97 Å². The van der Waals surface area contributed by atoms with Crippen LogP contribution in [0.2, 0.25) is 0 Å². The molecule has 1 atom stereocenters. The third kappa shape index (κ3) is 4.33. The van der Waals surface area contributed by atoms with Crippen molar-refractivity contribution in [1.29, 1.82) is 0 Å². The van der Waals surface area contributed by atoms with Crippen LogP contribution in [0.5, 0.6) is 0 Å². The summed E-state index contributed by atoms with van der Waals surface area (Å²) in [4.78, 5) is 46.5. The van der Waals surface area contributed by atoms with Crippen molar-refractivity contribution in [3.8, 4) is 0 Å². The van der Waals surface area contributed by atoms with Crippen molar-refractivity contribution < 1.29 is 37.4 Å². The second-order valence-corrected chi connectivity index (χ2v) is 9.09. The summed E-state index contributed by atoms with van der Waals surface area (Å²) < 4.78 is 46.2. The Labute approximate surface area is 219 Å². The quantitative estimate of drug-likeness (QED) is 0.348. The SMILES string of the molecule is Cc1ccc(CN2C(=O)c3ccccc3C2(OC(=O)C(F)(F)F)c2ccc3[nH]c(N(C)C(=O)O)nc3c2)cc1. The molecule has 2 amide bonds. The monoisotopic (exact) mass is 538 g/mol. The van der Waals surface area contributed by atoms with Crippen LogP contribution in [-0.2, 0) is 21.8 Å². The van der Waals surface area contributed by atoms with Gasteiger partial charge in [0.05, 0.1) is 17.6 Å². The number of imidazole rings is 1. The summed E-state index contributed by atoms with van der Waals surface area (Å²) in [5, 5.41) is 9.29. The maximum absolute atomic E-state index is 13.7. The van der Waals surface area contributed by atoms with Gasteiger partial charge in [-0.2, -0.15) is 13.2 Å². The first-order valence-electron chi connectivity index (χ1n) is 11.7. The van der Waals surface area contributed by atoms with Crippen molar-refractivity contribution in [2.24, 2.45) is 0 Å². The maximum atomic E-state index is 13.7. The van der Waals surface area contributed by atoms with Crippen LogP contribution >= 0.6 is 0 Å². The molecule has 9 nitrogen and oxygen atoms in total. The molecule has 0 fully saturated rings. The summed E-state index contributed by atoms with van der Waals surface area (Å²) in [6.07, 6.45) is -6.64. The van der Waals surface area contributed by atoms with Gasteiger partial charge < -0.3 is 14.8 Å². The van der Waals surface area contributed by atoms with Gasteiger partial charge in [-0.25, -0.2) is 14.6 Å². The average Bonchev–Trinajstić information content (AvgIpc) is 3.42. The predicted octanol–water partition coefficient (Wildman–Crippen LogP) is 4.95. The molecule has 39 heavy (non-hydrogen) atoms. The number of aromatic nitrogens is 2. The van der Waals surface area contributed by atoms with E-state index in [1.165, 1.54) is 43.4 Å².